The molecule has 0 aliphatic rings. The summed E-state index contributed by atoms with van der Waals surface area (Å²) in [6, 6.07) is 5.45. The van der Waals surface area contributed by atoms with Crippen LogP contribution in [0.1, 0.15) is 30.6 Å². The lowest BCUT2D eigenvalue weighted by Gasteiger charge is -2.07. The van der Waals surface area contributed by atoms with Gasteiger partial charge in [0.1, 0.15) is 5.75 Å². The first-order chi connectivity index (χ1) is 9.69. The molecule has 0 radical (unpaired) electrons. The monoisotopic (exact) mass is 275 g/mol. The molecule has 5 nitrogen and oxygen atoms in total. The summed E-state index contributed by atoms with van der Waals surface area (Å²) in [5, 5.41) is 0.624. The van der Waals surface area contributed by atoms with Gasteiger partial charge >= 0.3 is 5.97 Å². The van der Waals surface area contributed by atoms with Crippen LogP contribution in [0.2, 0.25) is 0 Å². The van der Waals surface area contributed by atoms with Crippen molar-refractivity contribution in [1.82, 2.24) is 4.98 Å². The number of benzene rings is 1. The molecule has 1 N–H and O–H groups in total. The predicted molar refractivity (Wildman–Crippen MR) is 75.0 cm³/mol. The van der Waals surface area contributed by atoms with Crippen LogP contribution >= 0.6 is 0 Å². The molecule has 0 spiro atoms. The third-order valence-electron chi connectivity index (χ3n) is 2.83. The highest BCUT2D eigenvalue weighted by atomic mass is 16.5. The van der Waals surface area contributed by atoms with Gasteiger partial charge in [-0.1, -0.05) is 13.0 Å². The topological polar surface area (TPSA) is 68.4 Å². The van der Waals surface area contributed by atoms with Gasteiger partial charge in [-0.3, -0.25) is 4.79 Å². The number of hydrogen-bond donors (Lipinski definition) is 1. The molecule has 1 heterocycles. The van der Waals surface area contributed by atoms with Crippen molar-refractivity contribution in [2.45, 2.75) is 20.3 Å². The summed E-state index contributed by atoms with van der Waals surface area (Å²) < 4.78 is 10.4. The molecule has 0 bridgehead atoms. The van der Waals surface area contributed by atoms with E-state index in [1.807, 2.05) is 19.1 Å². The molecule has 2 aromatic rings. The molecular weight excluding hydrogens is 258 g/mol. The van der Waals surface area contributed by atoms with Crippen molar-refractivity contribution in [3.63, 3.8) is 0 Å². The smallest absolute Gasteiger partial charge is 0.379 e. The van der Waals surface area contributed by atoms with Crippen molar-refractivity contribution < 1.29 is 19.1 Å². The Morgan fingerprint density at radius 3 is 2.75 bits per heavy atom. The number of ether oxygens (including phenoxy) is 2. The van der Waals surface area contributed by atoms with Crippen LogP contribution < -0.4 is 4.74 Å². The lowest BCUT2D eigenvalue weighted by molar-refractivity contribution is -0.137. The Kier molecular flexibility index (Phi) is 4.40. The number of ketones is 1. The first kappa shape index (κ1) is 14.1. The SMILES string of the molecule is CCCOc1cccc2[nH]cc(C(=O)C(=O)OCC)c12. The maximum Gasteiger partial charge on any atom is 0.379 e. The second kappa shape index (κ2) is 6.23. The quantitative estimate of drug-likeness (QED) is 0.500. The number of fused-ring (bicyclic) bond motifs is 1. The minimum Gasteiger partial charge on any atom is -0.493 e. The van der Waals surface area contributed by atoms with E-state index in [0.29, 0.717) is 17.7 Å². The fourth-order valence-electron chi connectivity index (χ4n) is 1.97. The molecule has 0 amide bonds. The largest absolute Gasteiger partial charge is 0.493 e. The van der Waals surface area contributed by atoms with E-state index in [2.05, 4.69) is 4.98 Å². The van der Waals surface area contributed by atoms with Gasteiger partial charge in [0.2, 0.25) is 0 Å². The number of aromatic nitrogens is 1. The number of hydrogen-bond acceptors (Lipinski definition) is 4. The second-order valence-electron chi connectivity index (χ2n) is 4.28. The highest BCUT2D eigenvalue weighted by Crippen LogP contribution is 2.29. The van der Waals surface area contributed by atoms with Gasteiger partial charge in [-0.15, -0.1) is 0 Å². The molecule has 1 aromatic carbocycles. The molecule has 0 aliphatic carbocycles. The van der Waals surface area contributed by atoms with Gasteiger partial charge in [0.05, 0.1) is 24.2 Å². The molecule has 0 saturated carbocycles. The maximum absolute atomic E-state index is 12.1. The van der Waals surface area contributed by atoms with Crippen molar-refractivity contribution in [3.8, 4) is 5.75 Å². The average Bonchev–Trinajstić information content (AvgIpc) is 2.89. The first-order valence-corrected chi connectivity index (χ1v) is 6.63. The van der Waals surface area contributed by atoms with Crippen molar-refractivity contribution in [3.05, 3.63) is 30.0 Å². The molecule has 1 aromatic heterocycles. The van der Waals surface area contributed by atoms with Crippen LogP contribution in [0.15, 0.2) is 24.4 Å². The Morgan fingerprint density at radius 1 is 1.25 bits per heavy atom. The Hall–Kier alpha value is -2.30. The summed E-state index contributed by atoms with van der Waals surface area (Å²) in [6.07, 6.45) is 2.38. The average molecular weight is 275 g/mol. The highest BCUT2D eigenvalue weighted by molar-refractivity contribution is 6.43. The number of carbonyl (C=O) groups excluding carboxylic acids is 2. The van der Waals surface area contributed by atoms with Crippen LogP contribution in [0.3, 0.4) is 0 Å². The van der Waals surface area contributed by atoms with E-state index in [9.17, 15) is 9.59 Å². The fourth-order valence-corrected chi connectivity index (χ4v) is 1.97. The van der Waals surface area contributed by atoms with Crippen LogP contribution in [-0.4, -0.2) is 30.0 Å². The fraction of sp³-hybridized carbons (Fsp3) is 0.333. The van der Waals surface area contributed by atoms with E-state index in [0.717, 1.165) is 11.9 Å². The van der Waals surface area contributed by atoms with E-state index in [4.69, 9.17) is 9.47 Å². The Balaban J connectivity index is 2.43. The summed E-state index contributed by atoms with van der Waals surface area (Å²) >= 11 is 0. The second-order valence-corrected chi connectivity index (χ2v) is 4.28. The summed E-state index contributed by atoms with van der Waals surface area (Å²) in [6.45, 7) is 4.39. The van der Waals surface area contributed by atoms with Crippen molar-refractivity contribution in [2.24, 2.45) is 0 Å². The van der Waals surface area contributed by atoms with Gasteiger partial charge in [0.25, 0.3) is 5.78 Å². The molecule has 20 heavy (non-hydrogen) atoms. The summed E-state index contributed by atoms with van der Waals surface area (Å²) in [4.78, 5) is 26.6. The number of carbonyl (C=O) groups is 2. The van der Waals surface area contributed by atoms with Gasteiger partial charge < -0.3 is 14.5 Å². The number of Topliss-reactive ketones (excluding diaryl/α,β-unsaturated/α-hetero) is 1. The van der Waals surface area contributed by atoms with Crippen molar-refractivity contribution in [2.75, 3.05) is 13.2 Å². The number of nitrogens with one attached hydrogen (secondary N) is 1. The minimum atomic E-state index is -0.848. The zero-order valence-corrected chi connectivity index (χ0v) is 11.6. The van der Waals surface area contributed by atoms with E-state index in [1.54, 1.807) is 13.0 Å². The minimum absolute atomic E-state index is 0.173. The van der Waals surface area contributed by atoms with Crippen molar-refractivity contribution in [1.29, 1.82) is 0 Å². The molecule has 5 heteroatoms. The van der Waals surface area contributed by atoms with Gasteiger partial charge in [-0.2, -0.15) is 0 Å². The summed E-state index contributed by atoms with van der Waals surface area (Å²) in [5.41, 5.74) is 1.04. The van der Waals surface area contributed by atoms with Crippen LogP contribution in [0.5, 0.6) is 5.75 Å². The number of rotatable bonds is 6. The van der Waals surface area contributed by atoms with Gasteiger partial charge in [-0.25, -0.2) is 4.79 Å². The van der Waals surface area contributed by atoms with E-state index >= 15 is 0 Å². The molecule has 0 fully saturated rings. The highest BCUT2D eigenvalue weighted by Gasteiger charge is 2.23. The molecule has 106 valence electrons. The van der Waals surface area contributed by atoms with Gasteiger partial charge in [-0.05, 0) is 25.5 Å². The zero-order valence-electron chi connectivity index (χ0n) is 11.6. The maximum atomic E-state index is 12.1. The number of esters is 1. The van der Waals surface area contributed by atoms with Crippen molar-refractivity contribution >= 4 is 22.7 Å². The Bertz CT molecular complexity index is 630. The van der Waals surface area contributed by atoms with E-state index < -0.39 is 11.8 Å². The summed E-state index contributed by atoms with van der Waals surface area (Å²) in [7, 11) is 0. The van der Waals surface area contributed by atoms with Crippen LogP contribution in [0, 0.1) is 0 Å². The van der Waals surface area contributed by atoms with Gasteiger partial charge in [0.15, 0.2) is 0 Å². The molecule has 0 atom stereocenters. The molecule has 0 unspecified atom stereocenters. The van der Waals surface area contributed by atoms with Crippen LogP contribution in [0.4, 0.5) is 0 Å². The Morgan fingerprint density at radius 2 is 2.05 bits per heavy atom. The number of H-pyrrole nitrogens is 1. The van der Waals surface area contributed by atoms with E-state index in [-0.39, 0.29) is 12.2 Å². The van der Waals surface area contributed by atoms with Crippen LogP contribution in [0.25, 0.3) is 10.9 Å². The van der Waals surface area contributed by atoms with Gasteiger partial charge in [0, 0.05) is 11.7 Å². The first-order valence-electron chi connectivity index (χ1n) is 6.63. The predicted octanol–water partition coefficient (Wildman–Crippen LogP) is 2.70. The third kappa shape index (κ3) is 2.66. The van der Waals surface area contributed by atoms with E-state index in [1.165, 1.54) is 6.20 Å². The molecule has 2 rings (SSSR count). The summed E-state index contributed by atoms with van der Waals surface area (Å²) in [5.74, 6) is -0.914. The standard InChI is InChI=1S/C15H17NO4/c1-3-8-20-12-7-5-6-11-13(12)10(9-16-11)14(17)15(18)19-4-2/h5-7,9,16H,3-4,8H2,1-2H3. The normalized spacial score (nSPS) is 10.5. The lowest BCUT2D eigenvalue weighted by Crippen LogP contribution is -2.17. The lowest BCUT2D eigenvalue weighted by atomic mass is 10.1. The number of aromatic amines is 1. The molecular formula is C15H17NO4. The third-order valence-corrected chi connectivity index (χ3v) is 2.83. The zero-order chi connectivity index (χ0) is 14.5. The Labute approximate surface area is 116 Å². The molecule has 0 aliphatic heterocycles. The van der Waals surface area contributed by atoms with Crippen LogP contribution in [-0.2, 0) is 9.53 Å². The molecule has 0 saturated heterocycles.